The normalized spacial score (nSPS) is 26.7. The molecule has 4 heterocycles. The Morgan fingerprint density at radius 3 is 2.97 bits per heavy atom. The third-order valence-electron chi connectivity index (χ3n) is 6.46. The maximum Gasteiger partial charge on any atom is 0.509 e. The number of hydrogen-bond acceptors (Lipinski definition) is 5. The van der Waals surface area contributed by atoms with Crippen molar-refractivity contribution in [1.82, 2.24) is 4.98 Å². The van der Waals surface area contributed by atoms with Crippen molar-refractivity contribution in [2.24, 2.45) is 11.8 Å². The summed E-state index contributed by atoms with van der Waals surface area (Å²) in [5.41, 5.74) is 1.82. The van der Waals surface area contributed by atoms with Gasteiger partial charge in [-0.1, -0.05) is 6.08 Å². The number of fused-ring (bicyclic) bond motifs is 4. The number of carbonyl (C=O) groups excluding carboxylic acids is 1. The van der Waals surface area contributed by atoms with Crippen molar-refractivity contribution in [3.05, 3.63) is 48.7 Å². The van der Waals surface area contributed by atoms with Crippen LogP contribution in [0.5, 0.6) is 5.75 Å². The van der Waals surface area contributed by atoms with E-state index in [4.69, 9.17) is 14.2 Å². The van der Waals surface area contributed by atoms with E-state index in [1.165, 1.54) is 11.3 Å². The number of ether oxygens (including phenoxy) is 3. The van der Waals surface area contributed by atoms with Crippen LogP contribution in [0.15, 0.2) is 43.1 Å². The van der Waals surface area contributed by atoms with E-state index in [2.05, 4.69) is 17.6 Å². The molecular weight excluding hydrogens is 368 g/mol. The molecule has 0 saturated carbocycles. The predicted octanol–water partition coefficient (Wildman–Crippen LogP) is 2.94. The molecule has 3 aliphatic heterocycles. The Kier molecular flexibility index (Phi) is 5.72. The molecule has 5 rings (SSSR count). The second-order valence-electron chi connectivity index (χ2n) is 7.91. The smallest absolute Gasteiger partial charge is 0.497 e. The molecule has 0 radical (unpaired) electrons. The van der Waals surface area contributed by atoms with E-state index in [0.717, 1.165) is 41.7 Å². The minimum absolute atomic E-state index is 0.186. The van der Waals surface area contributed by atoms with E-state index >= 15 is 0 Å². The summed E-state index contributed by atoms with van der Waals surface area (Å²) >= 11 is 0. The molecule has 5 atom stereocenters. The van der Waals surface area contributed by atoms with Gasteiger partial charge in [0, 0.05) is 35.9 Å². The first-order valence-corrected chi connectivity index (χ1v) is 10.4. The van der Waals surface area contributed by atoms with E-state index in [1.54, 1.807) is 20.2 Å². The summed E-state index contributed by atoms with van der Waals surface area (Å²) in [5.74, 6) is 1.88. The fourth-order valence-corrected chi connectivity index (χ4v) is 5.03. The lowest BCUT2D eigenvalue weighted by Crippen LogP contribution is -3.20. The van der Waals surface area contributed by atoms with Gasteiger partial charge in [-0.15, -0.1) is 6.58 Å². The molecule has 0 spiro atoms. The van der Waals surface area contributed by atoms with Crippen molar-refractivity contribution in [2.75, 3.05) is 26.8 Å². The largest absolute Gasteiger partial charge is 0.509 e. The molecule has 6 heteroatoms. The molecule has 1 N–H and O–H groups in total. The molecule has 1 aromatic heterocycles. The Bertz CT molecular complexity index is 900. The maximum atomic E-state index is 12.3. The lowest BCUT2D eigenvalue weighted by atomic mass is 9.73. The highest BCUT2D eigenvalue weighted by Crippen LogP contribution is 2.36. The number of aromatic nitrogens is 1. The van der Waals surface area contributed by atoms with Crippen LogP contribution >= 0.6 is 0 Å². The van der Waals surface area contributed by atoms with Gasteiger partial charge in [-0.2, -0.15) is 0 Å². The van der Waals surface area contributed by atoms with E-state index in [1.807, 2.05) is 24.3 Å². The topological polar surface area (TPSA) is 62.1 Å². The van der Waals surface area contributed by atoms with E-state index in [9.17, 15) is 4.79 Å². The number of benzene rings is 1. The first kappa shape index (κ1) is 19.7. The summed E-state index contributed by atoms with van der Waals surface area (Å²) < 4.78 is 16.5. The molecular formula is C23H29N2O4+. The highest BCUT2D eigenvalue weighted by atomic mass is 16.7. The van der Waals surface area contributed by atoms with Crippen molar-refractivity contribution in [3.63, 3.8) is 0 Å². The average molecular weight is 397 g/mol. The van der Waals surface area contributed by atoms with Gasteiger partial charge < -0.3 is 19.1 Å². The van der Waals surface area contributed by atoms with Gasteiger partial charge in [-0.25, -0.2) is 4.79 Å². The van der Waals surface area contributed by atoms with Crippen LogP contribution in [0, 0.1) is 11.8 Å². The third-order valence-corrected chi connectivity index (χ3v) is 6.46. The Labute approximate surface area is 171 Å². The maximum absolute atomic E-state index is 12.3. The Morgan fingerprint density at radius 2 is 2.28 bits per heavy atom. The lowest BCUT2D eigenvalue weighted by Gasteiger charge is -2.48. The molecule has 3 saturated heterocycles. The standard InChI is InChI=1S/C23H28N2O4/c1-4-15-14-25-11-9-16(15)12-21(25)22(29-23(26)28-5-2)18-8-10-24-20-7-6-17(27-3)13-19(18)20/h4,6-8,10,13,15-16,21-22H,1,5,9,11-12,14H2,2-3H3/p+1/t15-,16+,21+,22+/m0/s1. The molecule has 2 aromatic rings. The first-order chi connectivity index (χ1) is 14.1. The van der Waals surface area contributed by atoms with Gasteiger partial charge in [0.2, 0.25) is 0 Å². The van der Waals surface area contributed by atoms with E-state index < -0.39 is 12.3 Å². The summed E-state index contributed by atoms with van der Waals surface area (Å²) in [6.45, 7) is 8.23. The van der Waals surface area contributed by atoms with Crippen LogP contribution in [-0.4, -0.2) is 44.0 Å². The summed E-state index contributed by atoms with van der Waals surface area (Å²) in [5, 5.41) is 0.948. The Balaban J connectivity index is 1.75. The molecule has 0 aliphatic carbocycles. The van der Waals surface area contributed by atoms with Crippen LogP contribution < -0.4 is 9.64 Å². The number of pyridine rings is 1. The number of hydrogen-bond donors (Lipinski definition) is 1. The van der Waals surface area contributed by atoms with Gasteiger partial charge in [0.15, 0.2) is 6.10 Å². The quantitative estimate of drug-likeness (QED) is 0.600. The number of methoxy groups -OCH3 is 1. The zero-order valence-corrected chi connectivity index (χ0v) is 17.1. The van der Waals surface area contributed by atoms with Crippen LogP contribution in [-0.2, 0) is 9.47 Å². The summed E-state index contributed by atoms with van der Waals surface area (Å²) in [7, 11) is 1.65. The van der Waals surface area contributed by atoms with Gasteiger partial charge in [0.05, 0.1) is 32.3 Å². The van der Waals surface area contributed by atoms with Crippen molar-refractivity contribution >= 4 is 17.1 Å². The number of nitrogens with zero attached hydrogens (tertiary/aromatic N) is 1. The number of carbonyl (C=O) groups is 1. The van der Waals surface area contributed by atoms with Gasteiger partial charge in [-0.3, -0.25) is 4.98 Å². The molecule has 3 aliphatic rings. The van der Waals surface area contributed by atoms with Crippen molar-refractivity contribution in [2.45, 2.75) is 31.9 Å². The molecule has 29 heavy (non-hydrogen) atoms. The molecule has 3 fully saturated rings. The Hall–Kier alpha value is -2.60. The molecule has 2 bridgehead atoms. The second kappa shape index (κ2) is 8.41. The van der Waals surface area contributed by atoms with Gasteiger partial charge >= 0.3 is 6.16 Å². The fraction of sp³-hybridized carbons (Fsp3) is 0.478. The molecule has 154 valence electrons. The summed E-state index contributed by atoms with van der Waals surface area (Å²) in [6.07, 6.45) is 5.06. The highest BCUT2D eigenvalue weighted by Gasteiger charge is 2.47. The van der Waals surface area contributed by atoms with Crippen LogP contribution in [0.1, 0.15) is 31.4 Å². The Morgan fingerprint density at radius 1 is 1.41 bits per heavy atom. The van der Waals surface area contributed by atoms with Gasteiger partial charge in [0.1, 0.15) is 11.8 Å². The molecule has 1 unspecified atom stereocenters. The highest BCUT2D eigenvalue weighted by molar-refractivity contribution is 5.84. The van der Waals surface area contributed by atoms with Crippen LogP contribution in [0.3, 0.4) is 0 Å². The first-order valence-electron chi connectivity index (χ1n) is 10.4. The predicted molar refractivity (Wildman–Crippen MR) is 110 cm³/mol. The summed E-state index contributed by atoms with van der Waals surface area (Å²) in [6, 6.07) is 7.95. The molecule has 1 aromatic carbocycles. The van der Waals surface area contributed by atoms with Gasteiger partial charge in [0.25, 0.3) is 0 Å². The van der Waals surface area contributed by atoms with Gasteiger partial charge in [-0.05, 0) is 37.1 Å². The number of quaternary nitrogens is 1. The van der Waals surface area contributed by atoms with E-state index in [0.29, 0.717) is 18.4 Å². The zero-order valence-electron chi connectivity index (χ0n) is 17.1. The van der Waals surface area contributed by atoms with Crippen molar-refractivity contribution in [3.8, 4) is 5.75 Å². The zero-order chi connectivity index (χ0) is 20.4. The van der Waals surface area contributed by atoms with Crippen LogP contribution in [0.2, 0.25) is 0 Å². The number of nitrogens with one attached hydrogen (secondary N) is 1. The average Bonchev–Trinajstić information content (AvgIpc) is 2.77. The minimum Gasteiger partial charge on any atom is -0.497 e. The SMILES string of the molecule is C=C[C@H]1C[NH+]2CC[C@@H]1C[C@@H]2[C@H](OC(=O)OCC)c1ccnc2ccc(OC)cc12. The van der Waals surface area contributed by atoms with Crippen molar-refractivity contribution in [1.29, 1.82) is 0 Å². The minimum atomic E-state index is -0.618. The monoisotopic (exact) mass is 397 g/mol. The van der Waals surface area contributed by atoms with Crippen molar-refractivity contribution < 1.29 is 23.9 Å². The third kappa shape index (κ3) is 3.81. The fourth-order valence-electron chi connectivity index (χ4n) is 5.03. The second-order valence-corrected chi connectivity index (χ2v) is 7.91. The lowest BCUT2D eigenvalue weighted by molar-refractivity contribution is -0.949. The molecule has 0 amide bonds. The van der Waals surface area contributed by atoms with Crippen LogP contribution in [0.4, 0.5) is 4.79 Å². The van der Waals surface area contributed by atoms with Crippen LogP contribution in [0.25, 0.3) is 10.9 Å². The number of piperidine rings is 3. The summed E-state index contributed by atoms with van der Waals surface area (Å²) in [4.78, 5) is 18.3. The van der Waals surface area contributed by atoms with E-state index in [-0.39, 0.29) is 6.04 Å². The molecule has 6 nitrogen and oxygen atoms in total. The number of rotatable bonds is 6.